The van der Waals surface area contributed by atoms with Crippen LogP contribution in [-0.2, 0) is 0 Å². The number of hydrogen-bond donors (Lipinski definition) is 1. The van der Waals surface area contributed by atoms with Crippen molar-refractivity contribution in [2.45, 2.75) is 18.9 Å². The Morgan fingerprint density at radius 3 is 2.31 bits per heavy atom. The maximum atomic E-state index is 12.8. The van der Waals surface area contributed by atoms with Gasteiger partial charge < -0.3 is 15.1 Å². The molecular formula is C21H24N4O4. The van der Waals surface area contributed by atoms with Crippen molar-refractivity contribution in [3.8, 4) is 0 Å². The van der Waals surface area contributed by atoms with Gasteiger partial charge in [-0.2, -0.15) is 0 Å². The van der Waals surface area contributed by atoms with Crippen LogP contribution >= 0.6 is 0 Å². The summed E-state index contributed by atoms with van der Waals surface area (Å²) in [6.45, 7) is 0.976. The molecular weight excluding hydrogens is 372 g/mol. The lowest BCUT2D eigenvalue weighted by atomic mass is 10.0. The molecule has 0 aliphatic carbocycles. The lowest BCUT2D eigenvalue weighted by Gasteiger charge is -2.32. The number of hydrogen-bond acceptors (Lipinski definition) is 5. The first kappa shape index (κ1) is 20.3. The van der Waals surface area contributed by atoms with Gasteiger partial charge in [-0.05, 0) is 37.1 Å². The topological polar surface area (TPSA) is 95.8 Å². The second-order valence-electron chi connectivity index (χ2n) is 7.26. The molecule has 2 aromatic carbocycles. The van der Waals surface area contributed by atoms with E-state index >= 15 is 0 Å². The zero-order valence-corrected chi connectivity index (χ0v) is 16.5. The number of nitrogens with zero attached hydrogens (tertiary/aromatic N) is 3. The summed E-state index contributed by atoms with van der Waals surface area (Å²) in [5, 5.41) is 14.4. The Labute approximate surface area is 169 Å². The maximum absolute atomic E-state index is 12.8. The molecule has 3 rings (SSSR count). The SMILES string of the molecule is CN(C)c1ccc(C(=O)N2CCC(NC(=O)c3ccccc3)CC2)cc1[N+](=O)[O-]. The van der Waals surface area contributed by atoms with Gasteiger partial charge in [-0.1, -0.05) is 18.2 Å². The van der Waals surface area contributed by atoms with Crippen LogP contribution in [0.5, 0.6) is 0 Å². The van der Waals surface area contributed by atoms with Gasteiger partial charge in [-0.3, -0.25) is 19.7 Å². The van der Waals surface area contributed by atoms with Crippen LogP contribution in [-0.4, -0.2) is 54.9 Å². The molecule has 8 nitrogen and oxygen atoms in total. The summed E-state index contributed by atoms with van der Waals surface area (Å²) in [6, 6.07) is 13.6. The highest BCUT2D eigenvalue weighted by Gasteiger charge is 2.26. The molecule has 0 radical (unpaired) electrons. The van der Waals surface area contributed by atoms with Crippen LogP contribution < -0.4 is 10.2 Å². The minimum absolute atomic E-state index is 0.00258. The van der Waals surface area contributed by atoms with Crippen molar-refractivity contribution in [3.05, 3.63) is 69.8 Å². The molecule has 1 saturated heterocycles. The highest BCUT2D eigenvalue weighted by molar-refractivity contribution is 5.96. The molecule has 0 spiro atoms. The second kappa shape index (κ2) is 8.72. The Morgan fingerprint density at radius 1 is 1.07 bits per heavy atom. The molecule has 1 heterocycles. The van der Waals surface area contributed by atoms with Gasteiger partial charge >= 0.3 is 0 Å². The van der Waals surface area contributed by atoms with Crippen molar-refractivity contribution in [1.29, 1.82) is 0 Å². The summed E-state index contributed by atoms with van der Waals surface area (Å²) < 4.78 is 0. The summed E-state index contributed by atoms with van der Waals surface area (Å²) >= 11 is 0. The fraction of sp³-hybridized carbons (Fsp3) is 0.333. The minimum Gasteiger partial charge on any atom is -0.372 e. The highest BCUT2D eigenvalue weighted by Crippen LogP contribution is 2.28. The van der Waals surface area contributed by atoms with Crippen molar-refractivity contribution in [3.63, 3.8) is 0 Å². The maximum Gasteiger partial charge on any atom is 0.293 e. The predicted molar refractivity (Wildman–Crippen MR) is 110 cm³/mol. The molecule has 2 amide bonds. The Kier molecular flexibility index (Phi) is 6.11. The smallest absolute Gasteiger partial charge is 0.293 e. The Bertz CT molecular complexity index is 906. The Morgan fingerprint density at radius 2 is 1.72 bits per heavy atom. The number of nitro groups is 1. The molecule has 0 bridgehead atoms. The first-order valence-electron chi connectivity index (χ1n) is 9.47. The number of amides is 2. The molecule has 152 valence electrons. The molecule has 1 fully saturated rings. The van der Waals surface area contributed by atoms with Gasteiger partial charge in [0.1, 0.15) is 5.69 Å². The molecule has 1 aliphatic heterocycles. The van der Waals surface area contributed by atoms with Crippen LogP contribution in [0.4, 0.5) is 11.4 Å². The fourth-order valence-corrected chi connectivity index (χ4v) is 3.45. The van der Waals surface area contributed by atoms with Crippen LogP contribution in [0.2, 0.25) is 0 Å². The van der Waals surface area contributed by atoms with Crippen molar-refractivity contribution < 1.29 is 14.5 Å². The number of piperidine rings is 1. The monoisotopic (exact) mass is 396 g/mol. The van der Waals surface area contributed by atoms with Gasteiger partial charge in [0.15, 0.2) is 0 Å². The normalized spacial score (nSPS) is 14.3. The molecule has 29 heavy (non-hydrogen) atoms. The Hall–Kier alpha value is -3.42. The van der Waals surface area contributed by atoms with Crippen molar-refractivity contribution in [1.82, 2.24) is 10.2 Å². The van der Waals surface area contributed by atoms with E-state index in [-0.39, 0.29) is 23.5 Å². The zero-order valence-electron chi connectivity index (χ0n) is 16.5. The largest absolute Gasteiger partial charge is 0.372 e. The quantitative estimate of drug-likeness (QED) is 0.619. The molecule has 0 aromatic heterocycles. The number of nitro benzene ring substituents is 1. The molecule has 0 saturated carbocycles. The van der Waals surface area contributed by atoms with Crippen molar-refractivity contribution >= 4 is 23.2 Å². The van der Waals surface area contributed by atoms with Gasteiger partial charge in [0.2, 0.25) is 0 Å². The summed E-state index contributed by atoms with van der Waals surface area (Å²) in [5.74, 6) is -0.350. The van der Waals surface area contributed by atoms with Gasteiger partial charge in [-0.15, -0.1) is 0 Å². The molecule has 1 aliphatic rings. The van der Waals surface area contributed by atoms with Gasteiger partial charge in [0.25, 0.3) is 17.5 Å². The average Bonchev–Trinajstić information content (AvgIpc) is 2.73. The molecule has 0 unspecified atom stereocenters. The van der Waals surface area contributed by atoms with Gasteiger partial charge in [0.05, 0.1) is 4.92 Å². The zero-order chi connectivity index (χ0) is 21.0. The van der Waals surface area contributed by atoms with Crippen LogP contribution in [0, 0.1) is 10.1 Å². The predicted octanol–water partition coefficient (Wildman–Crippen LogP) is 2.70. The third kappa shape index (κ3) is 4.71. The van der Waals surface area contributed by atoms with Crippen LogP contribution in [0.15, 0.2) is 48.5 Å². The standard InChI is InChI=1S/C21H24N4O4/c1-23(2)18-9-8-16(14-19(18)25(28)29)21(27)24-12-10-17(11-13-24)22-20(26)15-6-4-3-5-7-15/h3-9,14,17H,10-13H2,1-2H3,(H,22,26). The highest BCUT2D eigenvalue weighted by atomic mass is 16.6. The fourth-order valence-electron chi connectivity index (χ4n) is 3.45. The number of nitrogens with one attached hydrogen (secondary N) is 1. The second-order valence-corrected chi connectivity index (χ2v) is 7.26. The summed E-state index contributed by atoms with van der Waals surface area (Å²) in [6.07, 6.45) is 1.28. The van der Waals surface area contributed by atoms with E-state index < -0.39 is 4.92 Å². The van der Waals surface area contributed by atoms with E-state index in [0.717, 1.165) is 0 Å². The van der Waals surface area contributed by atoms with Crippen LogP contribution in [0.25, 0.3) is 0 Å². The lowest BCUT2D eigenvalue weighted by molar-refractivity contribution is -0.384. The third-order valence-corrected chi connectivity index (χ3v) is 5.05. The average molecular weight is 396 g/mol. The van der Waals surface area contributed by atoms with E-state index in [1.807, 2.05) is 18.2 Å². The van der Waals surface area contributed by atoms with E-state index in [4.69, 9.17) is 0 Å². The summed E-state index contributed by atoms with van der Waals surface area (Å²) in [5.41, 5.74) is 1.27. The van der Waals surface area contributed by atoms with E-state index in [2.05, 4.69) is 5.32 Å². The summed E-state index contributed by atoms with van der Waals surface area (Å²) in [7, 11) is 3.44. The van der Waals surface area contributed by atoms with E-state index in [1.54, 1.807) is 48.2 Å². The van der Waals surface area contributed by atoms with Crippen LogP contribution in [0.3, 0.4) is 0 Å². The number of anilines is 1. The number of carbonyl (C=O) groups excluding carboxylic acids is 2. The van der Waals surface area contributed by atoms with Gasteiger partial charge in [-0.25, -0.2) is 0 Å². The number of carbonyl (C=O) groups is 2. The van der Waals surface area contributed by atoms with E-state index in [1.165, 1.54) is 6.07 Å². The summed E-state index contributed by atoms with van der Waals surface area (Å²) in [4.78, 5) is 39.3. The number of benzene rings is 2. The van der Waals surface area contributed by atoms with Crippen LogP contribution in [0.1, 0.15) is 33.6 Å². The Balaban J connectivity index is 1.62. The van der Waals surface area contributed by atoms with Crippen molar-refractivity contribution in [2.75, 3.05) is 32.1 Å². The number of likely N-dealkylation sites (tertiary alicyclic amines) is 1. The van der Waals surface area contributed by atoms with E-state index in [0.29, 0.717) is 42.7 Å². The molecule has 8 heteroatoms. The molecule has 0 atom stereocenters. The molecule has 1 N–H and O–H groups in total. The first-order chi connectivity index (χ1) is 13.9. The van der Waals surface area contributed by atoms with Gasteiger partial charge in [0, 0.05) is 50.4 Å². The van der Waals surface area contributed by atoms with Crippen molar-refractivity contribution in [2.24, 2.45) is 0 Å². The number of rotatable bonds is 5. The first-order valence-corrected chi connectivity index (χ1v) is 9.47. The lowest BCUT2D eigenvalue weighted by Crippen LogP contribution is -2.46. The minimum atomic E-state index is -0.475. The third-order valence-electron chi connectivity index (χ3n) is 5.05. The molecule has 2 aromatic rings. The van der Waals surface area contributed by atoms with E-state index in [9.17, 15) is 19.7 Å².